The molecule has 1 unspecified atom stereocenters. The van der Waals surface area contributed by atoms with E-state index in [1.54, 1.807) is 6.07 Å². The lowest BCUT2D eigenvalue weighted by Gasteiger charge is -2.37. The van der Waals surface area contributed by atoms with Gasteiger partial charge in [0, 0.05) is 0 Å². The Labute approximate surface area is 126 Å². The zero-order valence-corrected chi connectivity index (χ0v) is 12.1. The lowest BCUT2D eigenvalue weighted by Crippen LogP contribution is -2.56. The molecule has 7 heteroatoms. The molecule has 1 atom stereocenters. The highest BCUT2D eigenvalue weighted by Gasteiger charge is 2.63. The summed E-state index contributed by atoms with van der Waals surface area (Å²) < 4.78 is 28.1. The first-order chi connectivity index (χ1) is 9.87. The summed E-state index contributed by atoms with van der Waals surface area (Å²) in [6.45, 7) is -0.652. The van der Waals surface area contributed by atoms with Crippen LogP contribution in [0.15, 0.2) is 18.2 Å². The lowest BCUT2D eigenvalue weighted by atomic mass is 9.88. The van der Waals surface area contributed by atoms with Crippen LogP contribution in [0.1, 0.15) is 36.2 Å². The first-order valence-electron chi connectivity index (χ1n) is 6.95. The van der Waals surface area contributed by atoms with Crippen molar-refractivity contribution in [2.45, 2.75) is 43.2 Å². The topological polar surface area (TPSA) is 59.2 Å². The van der Waals surface area contributed by atoms with Crippen molar-refractivity contribution in [3.63, 3.8) is 0 Å². The quantitative estimate of drug-likeness (QED) is 0.810. The molecule has 1 amide bonds. The fraction of sp³-hybridized carbons (Fsp3) is 0.571. The third kappa shape index (κ3) is 2.21. The minimum atomic E-state index is -3.07. The van der Waals surface area contributed by atoms with Gasteiger partial charge < -0.3 is 10.6 Å². The number of carbonyl (C=O) groups is 1. The fourth-order valence-corrected chi connectivity index (χ4v) is 3.70. The van der Waals surface area contributed by atoms with Crippen LogP contribution in [-0.2, 0) is 0 Å². The van der Waals surface area contributed by atoms with E-state index in [4.69, 9.17) is 17.3 Å². The third-order valence-electron chi connectivity index (χ3n) is 4.59. The van der Waals surface area contributed by atoms with E-state index in [1.807, 2.05) is 0 Å². The van der Waals surface area contributed by atoms with Crippen LogP contribution in [-0.4, -0.2) is 39.8 Å². The Kier molecular flexibility index (Phi) is 3.41. The molecule has 0 aromatic carbocycles. The lowest BCUT2D eigenvalue weighted by molar-refractivity contribution is -0.00437. The van der Waals surface area contributed by atoms with E-state index in [0.717, 1.165) is 12.8 Å². The van der Waals surface area contributed by atoms with Gasteiger partial charge in [0.1, 0.15) is 10.8 Å². The van der Waals surface area contributed by atoms with Gasteiger partial charge in [0.15, 0.2) is 0 Å². The Balaban J connectivity index is 1.98. The van der Waals surface area contributed by atoms with Crippen LogP contribution < -0.4 is 5.73 Å². The molecule has 1 aromatic rings. The normalized spacial score (nSPS) is 26.5. The van der Waals surface area contributed by atoms with Crippen LogP contribution in [0, 0.1) is 0 Å². The summed E-state index contributed by atoms with van der Waals surface area (Å²) in [6, 6.07) is 3.28. The van der Waals surface area contributed by atoms with E-state index in [9.17, 15) is 13.6 Å². The Morgan fingerprint density at radius 1 is 1.38 bits per heavy atom. The molecule has 2 heterocycles. The summed E-state index contributed by atoms with van der Waals surface area (Å²) in [7, 11) is 0. The number of carbonyl (C=O) groups excluding carboxylic acids is 1. The molecule has 0 radical (unpaired) electrons. The molecule has 4 nitrogen and oxygen atoms in total. The van der Waals surface area contributed by atoms with E-state index in [-0.39, 0.29) is 10.8 Å². The van der Waals surface area contributed by atoms with Gasteiger partial charge in [-0.3, -0.25) is 4.79 Å². The summed E-state index contributed by atoms with van der Waals surface area (Å²) >= 11 is 5.78. The molecule has 1 saturated heterocycles. The molecule has 0 bridgehead atoms. The fourth-order valence-electron chi connectivity index (χ4n) is 3.54. The SMILES string of the molecule is NC1C(F)(F)CN(C(=O)c2cccc(Cl)n2)C12CCCC2. The number of nitrogens with zero attached hydrogens (tertiary/aromatic N) is 2. The molecular weight excluding hydrogens is 300 g/mol. The van der Waals surface area contributed by atoms with Gasteiger partial charge >= 0.3 is 0 Å². The highest BCUT2D eigenvalue weighted by atomic mass is 35.5. The molecule has 1 spiro atoms. The van der Waals surface area contributed by atoms with Crippen molar-refractivity contribution >= 4 is 17.5 Å². The number of rotatable bonds is 1. The van der Waals surface area contributed by atoms with E-state index < -0.39 is 30.0 Å². The van der Waals surface area contributed by atoms with E-state index >= 15 is 0 Å². The van der Waals surface area contributed by atoms with Gasteiger partial charge in [0.05, 0.1) is 18.1 Å². The molecule has 3 rings (SSSR count). The van der Waals surface area contributed by atoms with Crippen molar-refractivity contribution in [3.8, 4) is 0 Å². The second kappa shape index (κ2) is 4.88. The average molecular weight is 316 g/mol. The summed E-state index contributed by atoms with van der Waals surface area (Å²) in [5, 5.41) is 0.163. The van der Waals surface area contributed by atoms with Crippen molar-refractivity contribution < 1.29 is 13.6 Å². The second-order valence-corrected chi connectivity index (χ2v) is 6.17. The Bertz CT molecular complexity index is 575. The number of pyridine rings is 1. The molecule has 2 N–H and O–H groups in total. The van der Waals surface area contributed by atoms with Gasteiger partial charge in [0.25, 0.3) is 11.8 Å². The van der Waals surface area contributed by atoms with Crippen molar-refractivity contribution in [1.82, 2.24) is 9.88 Å². The zero-order chi connectivity index (χ0) is 15.3. The molecule has 2 aliphatic rings. The van der Waals surface area contributed by atoms with Crippen LogP contribution in [0.2, 0.25) is 5.15 Å². The molecule has 1 aromatic heterocycles. The predicted octanol–water partition coefficient (Wildman–Crippen LogP) is 2.47. The van der Waals surface area contributed by atoms with Crippen molar-refractivity contribution in [2.24, 2.45) is 5.73 Å². The zero-order valence-electron chi connectivity index (χ0n) is 11.4. The number of alkyl halides is 2. The maximum Gasteiger partial charge on any atom is 0.282 e. The molecule has 114 valence electrons. The first-order valence-corrected chi connectivity index (χ1v) is 7.33. The maximum absolute atomic E-state index is 14.1. The largest absolute Gasteiger partial charge is 0.324 e. The molecule has 1 saturated carbocycles. The van der Waals surface area contributed by atoms with E-state index in [0.29, 0.717) is 12.8 Å². The Hall–Kier alpha value is -1.27. The highest BCUT2D eigenvalue weighted by Crippen LogP contribution is 2.48. The van der Waals surface area contributed by atoms with Crippen molar-refractivity contribution in [1.29, 1.82) is 0 Å². The Morgan fingerprint density at radius 2 is 2.05 bits per heavy atom. The monoisotopic (exact) mass is 315 g/mol. The van der Waals surface area contributed by atoms with Crippen LogP contribution in [0.25, 0.3) is 0 Å². The first kappa shape index (κ1) is 14.7. The minimum Gasteiger partial charge on any atom is -0.324 e. The number of halogens is 3. The third-order valence-corrected chi connectivity index (χ3v) is 4.80. The van der Waals surface area contributed by atoms with Gasteiger partial charge in [0.2, 0.25) is 0 Å². The number of aromatic nitrogens is 1. The number of likely N-dealkylation sites (tertiary alicyclic amines) is 1. The second-order valence-electron chi connectivity index (χ2n) is 5.79. The predicted molar refractivity (Wildman–Crippen MR) is 74.4 cm³/mol. The van der Waals surface area contributed by atoms with Gasteiger partial charge in [-0.25, -0.2) is 13.8 Å². The molecule has 21 heavy (non-hydrogen) atoms. The smallest absolute Gasteiger partial charge is 0.282 e. The van der Waals surface area contributed by atoms with Crippen molar-refractivity contribution in [3.05, 3.63) is 29.0 Å². The number of amides is 1. The Morgan fingerprint density at radius 3 is 2.67 bits per heavy atom. The van der Waals surface area contributed by atoms with E-state index in [2.05, 4.69) is 4.98 Å². The maximum atomic E-state index is 14.1. The van der Waals surface area contributed by atoms with Crippen LogP contribution in [0.5, 0.6) is 0 Å². The summed E-state index contributed by atoms with van der Waals surface area (Å²) in [4.78, 5) is 17.8. The van der Waals surface area contributed by atoms with Gasteiger partial charge in [-0.2, -0.15) is 0 Å². The van der Waals surface area contributed by atoms with Crippen molar-refractivity contribution in [2.75, 3.05) is 6.54 Å². The molecular formula is C14H16ClF2N3O. The summed E-state index contributed by atoms with van der Waals surface area (Å²) in [6.07, 6.45) is 2.62. The number of nitrogens with two attached hydrogens (primary N) is 1. The van der Waals surface area contributed by atoms with E-state index in [1.165, 1.54) is 17.0 Å². The van der Waals surface area contributed by atoms with Gasteiger partial charge in [-0.05, 0) is 25.0 Å². The van der Waals surface area contributed by atoms with Gasteiger partial charge in [-0.15, -0.1) is 0 Å². The minimum absolute atomic E-state index is 0.0821. The highest BCUT2D eigenvalue weighted by molar-refractivity contribution is 6.29. The molecule has 1 aliphatic heterocycles. The molecule has 1 aliphatic carbocycles. The van der Waals surface area contributed by atoms with Crippen LogP contribution >= 0.6 is 11.6 Å². The standard InChI is InChI=1S/C14H16ClF2N3O/c15-10-5-3-4-9(19-10)11(21)20-8-14(16,17)12(18)13(20)6-1-2-7-13/h3-5,12H,1-2,6-8,18H2. The van der Waals surface area contributed by atoms with Crippen LogP contribution in [0.4, 0.5) is 8.78 Å². The van der Waals surface area contributed by atoms with Crippen LogP contribution in [0.3, 0.4) is 0 Å². The molecule has 2 fully saturated rings. The number of hydrogen-bond acceptors (Lipinski definition) is 3. The summed E-state index contributed by atoms with van der Waals surface area (Å²) in [5.74, 6) is -3.59. The number of hydrogen-bond donors (Lipinski definition) is 1. The van der Waals surface area contributed by atoms with Gasteiger partial charge in [-0.1, -0.05) is 30.5 Å². The summed E-state index contributed by atoms with van der Waals surface area (Å²) in [5.41, 5.74) is 4.93. The average Bonchev–Trinajstić information content (AvgIpc) is 2.99.